The van der Waals surface area contributed by atoms with Crippen molar-refractivity contribution in [1.29, 1.82) is 0 Å². The summed E-state index contributed by atoms with van der Waals surface area (Å²) in [6.45, 7) is 1.37. The summed E-state index contributed by atoms with van der Waals surface area (Å²) in [4.78, 5) is 42.0. The molecule has 0 unspecified atom stereocenters. The predicted molar refractivity (Wildman–Crippen MR) is 90.5 cm³/mol. The van der Waals surface area contributed by atoms with Gasteiger partial charge in [0.2, 0.25) is 0 Å². The molecule has 0 bridgehead atoms. The third-order valence-corrected chi connectivity index (χ3v) is 4.47. The van der Waals surface area contributed by atoms with E-state index < -0.39 is 5.97 Å². The lowest BCUT2D eigenvalue weighted by atomic mass is 10.2. The van der Waals surface area contributed by atoms with Crippen LogP contribution in [0.25, 0.3) is 10.9 Å². The Bertz CT molecular complexity index is 1040. The van der Waals surface area contributed by atoms with Crippen molar-refractivity contribution in [3.8, 4) is 0 Å². The van der Waals surface area contributed by atoms with Gasteiger partial charge < -0.3 is 9.72 Å². The van der Waals surface area contributed by atoms with Gasteiger partial charge in [-0.05, 0) is 25.1 Å². The SMILES string of the molecule is Cc1csc(=O)n1CC(=O)OCc1nc2ccc(Cl)cc2c(=O)[nH]1. The van der Waals surface area contributed by atoms with Gasteiger partial charge in [0.15, 0.2) is 0 Å². The molecule has 7 nitrogen and oxygen atoms in total. The van der Waals surface area contributed by atoms with Crippen molar-refractivity contribution in [3.05, 3.63) is 60.1 Å². The van der Waals surface area contributed by atoms with Crippen molar-refractivity contribution < 1.29 is 9.53 Å². The molecular weight excluding hydrogens is 354 g/mol. The highest BCUT2D eigenvalue weighted by atomic mass is 35.5. The lowest BCUT2D eigenvalue weighted by molar-refractivity contribution is -0.146. The van der Waals surface area contributed by atoms with E-state index in [0.717, 1.165) is 11.3 Å². The number of aryl methyl sites for hydroxylation is 1. The van der Waals surface area contributed by atoms with E-state index in [2.05, 4.69) is 9.97 Å². The van der Waals surface area contributed by atoms with Crippen LogP contribution in [0.1, 0.15) is 11.5 Å². The summed E-state index contributed by atoms with van der Waals surface area (Å²) in [5.74, 6) is -0.366. The highest BCUT2D eigenvalue weighted by Crippen LogP contribution is 2.14. The standard InChI is InChI=1S/C15H12ClN3O4S/c1-8-7-24-15(22)19(8)5-13(20)23-6-12-17-11-3-2-9(16)4-10(11)14(21)18-12/h2-4,7H,5-6H2,1H3,(H,17,18,21). The van der Waals surface area contributed by atoms with Gasteiger partial charge in [0, 0.05) is 16.1 Å². The smallest absolute Gasteiger partial charge is 0.326 e. The first kappa shape index (κ1) is 16.4. The summed E-state index contributed by atoms with van der Waals surface area (Å²) >= 11 is 6.87. The zero-order chi connectivity index (χ0) is 17.3. The number of hydrogen-bond donors (Lipinski definition) is 1. The normalized spacial score (nSPS) is 10.9. The Balaban J connectivity index is 1.74. The van der Waals surface area contributed by atoms with Crippen molar-refractivity contribution in [2.45, 2.75) is 20.1 Å². The molecular formula is C15H12ClN3O4S. The molecule has 24 heavy (non-hydrogen) atoms. The number of thiazole rings is 1. The molecule has 2 heterocycles. The van der Waals surface area contributed by atoms with Gasteiger partial charge in [0.05, 0.1) is 10.9 Å². The highest BCUT2D eigenvalue weighted by Gasteiger charge is 2.11. The first-order valence-corrected chi connectivity index (χ1v) is 8.19. The number of aromatic nitrogens is 3. The third-order valence-electron chi connectivity index (χ3n) is 3.35. The van der Waals surface area contributed by atoms with Crippen molar-refractivity contribution in [1.82, 2.24) is 14.5 Å². The van der Waals surface area contributed by atoms with Crippen LogP contribution in [-0.4, -0.2) is 20.5 Å². The van der Waals surface area contributed by atoms with Gasteiger partial charge in [-0.3, -0.25) is 19.0 Å². The molecule has 3 rings (SSSR count). The van der Waals surface area contributed by atoms with Gasteiger partial charge in [-0.15, -0.1) is 0 Å². The molecule has 1 aromatic carbocycles. The average molecular weight is 366 g/mol. The van der Waals surface area contributed by atoms with Gasteiger partial charge in [-0.2, -0.15) is 0 Å². The Morgan fingerprint density at radius 3 is 2.92 bits per heavy atom. The van der Waals surface area contributed by atoms with Crippen LogP contribution >= 0.6 is 22.9 Å². The minimum Gasteiger partial charge on any atom is -0.456 e. The van der Waals surface area contributed by atoms with E-state index in [0.29, 0.717) is 21.6 Å². The van der Waals surface area contributed by atoms with E-state index in [4.69, 9.17) is 16.3 Å². The number of H-pyrrole nitrogens is 1. The van der Waals surface area contributed by atoms with Crippen LogP contribution in [0.2, 0.25) is 5.02 Å². The maximum absolute atomic E-state index is 12.0. The summed E-state index contributed by atoms with van der Waals surface area (Å²) in [5, 5.41) is 2.46. The van der Waals surface area contributed by atoms with Crippen LogP contribution in [0, 0.1) is 6.92 Å². The number of nitrogens with zero attached hydrogens (tertiary/aromatic N) is 2. The van der Waals surface area contributed by atoms with Crippen LogP contribution in [0.5, 0.6) is 0 Å². The lowest BCUT2D eigenvalue weighted by Crippen LogP contribution is -2.22. The van der Waals surface area contributed by atoms with Crippen LogP contribution in [0.4, 0.5) is 0 Å². The first-order chi connectivity index (χ1) is 11.4. The summed E-state index contributed by atoms with van der Waals surface area (Å²) < 4.78 is 6.41. The highest BCUT2D eigenvalue weighted by molar-refractivity contribution is 7.07. The Morgan fingerprint density at radius 2 is 2.21 bits per heavy atom. The molecule has 0 saturated heterocycles. The van der Waals surface area contributed by atoms with E-state index in [9.17, 15) is 14.4 Å². The molecule has 0 radical (unpaired) electrons. The molecule has 124 valence electrons. The molecule has 0 amide bonds. The lowest BCUT2D eigenvalue weighted by Gasteiger charge is -2.07. The maximum atomic E-state index is 12.0. The number of nitrogens with one attached hydrogen (secondary N) is 1. The Kier molecular flexibility index (Phi) is 4.50. The summed E-state index contributed by atoms with van der Waals surface area (Å²) in [7, 11) is 0. The molecule has 0 spiro atoms. The second kappa shape index (κ2) is 6.58. The predicted octanol–water partition coefficient (Wildman–Crippen LogP) is 1.85. The number of ether oxygens (including phenoxy) is 1. The van der Waals surface area contributed by atoms with Gasteiger partial charge >= 0.3 is 10.8 Å². The van der Waals surface area contributed by atoms with Gasteiger partial charge in [0.1, 0.15) is 19.0 Å². The number of carbonyl (C=O) groups is 1. The number of rotatable bonds is 4. The van der Waals surface area contributed by atoms with Gasteiger partial charge in [-0.25, -0.2) is 4.98 Å². The number of halogens is 1. The minimum atomic E-state index is -0.586. The van der Waals surface area contributed by atoms with E-state index in [-0.39, 0.29) is 29.4 Å². The molecule has 0 aliphatic heterocycles. The number of hydrogen-bond acceptors (Lipinski definition) is 6. The number of benzene rings is 1. The third kappa shape index (κ3) is 3.39. The summed E-state index contributed by atoms with van der Waals surface area (Å²) in [6.07, 6.45) is 0. The van der Waals surface area contributed by atoms with E-state index in [1.165, 1.54) is 10.6 Å². The summed E-state index contributed by atoms with van der Waals surface area (Å²) in [5.41, 5.74) is 0.786. The summed E-state index contributed by atoms with van der Waals surface area (Å²) in [6, 6.07) is 4.76. The number of fused-ring (bicyclic) bond motifs is 1. The van der Waals surface area contributed by atoms with Crippen LogP contribution in [0.3, 0.4) is 0 Å². The number of carbonyl (C=O) groups excluding carboxylic acids is 1. The zero-order valence-corrected chi connectivity index (χ0v) is 14.1. The quantitative estimate of drug-likeness (QED) is 0.712. The molecule has 0 atom stereocenters. The molecule has 0 saturated carbocycles. The second-order valence-electron chi connectivity index (χ2n) is 5.06. The fraction of sp³-hybridized carbons (Fsp3) is 0.200. The topological polar surface area (TPSA) is 94.0 Å². The van der Waals surface area contributed by atoms with Gasteiger partial charge in [0.25, 0.3) is 5.56 Å². The molecule has 1 N–H and O–H groups in total. The number of esters is 1. The molecule has 2 aromatic heterocycles. The van der Waals surface area contributed by atoms with E-state index >= 15 is 0 Å². The molecule has 0 fully saturated rings. The van der Waals surface area contributed by atoms with Crippen molar-refractivity contribution in [2.24, 2.45) is 0 Å². The monoisotopic (exact) mass is 365 g/mol. The van der Waals surface area contributed by atoms with E-state index in [1.54, 1.807) is 24.4 Å². The van der Waals surface area contributed by atoms with E-state index in [1.807, 2.05) is 0 Å². The van der Waals surface area contributed by atoms with Crippen LogP contribution < -0.4 is 10.4 Å². The van der Waals surface area contributed by atoms with Crippen molar-refractivity contribution in [3.63, 3.8) is 0 Å². The van der Waals surface area contributed by atoms with Crippen molar-refractivity contribution in [2.75, 3.05) is 0 Å². The van der Waals surface area contributed by atoms with Crippen molar-refractivity contribution >= 4 is 39.8 Å². The largest absolute Gasteiger partial charge is 0.456 e. The average Bonchev–Trinajstić information content (AvgIpc) is 2.85. The molecule has 9 heteroatoms. The fourth-order valence-corrected chi connectivity index (χ4v) is 3.05. The minimum absolute atomic E-state index is 0.179. The molecule has 3 aromatic rings. The Labute approximate surface area is 144 Å². The zero-order valence-electron chi connectivity index (χ0n) is 12.5. The fourth-order valence-electron chi connectivity index (χ4n) is 2.15. The number of aromatic amines is 1. The first-order valence-electron chi connectivity index (χ1n) is 6.93. The van der Waals surface area contributed by atoms with Crippen LogP contribution in [0.15, 0.2) is 33.2 Å². The molecule has 0 aliphatic carbocycles. The second-order valence-corrected chi connectivity index (χ2v) is 6.32. The Hall–Kier alpha value is -2.45. The maximum Gasteiger partial charge on any atom is 0.326 e. The molecule has 0 aliphatic rings. The van der Waals surface area contributed by atoms with Crippen LogP contribution in [-0.2, 0) is 22.7 Å². The van der Waals surface area contributed by atoms with Gasteiger partial charge in [-0.1, -0.05) is 22.9 Å². The Morgan fingerprint density at radius 1 is 1.42 bits per heavy atom.